The van der Waals surface area contributed by atoms with Crippen molar-refractivity contribution in [2.75, 3.05) is 0 Å². The smallest absolute Gasteiger partial charge is 0.261 e. The van der Waals surface area contributed by atoms with Gasteiger partial charge < -0.3 is 10.1 Å². The van der Waals surface area contributed by atoms with Crippen LogP contribution in [0.3, 0.4) is 0 Å². The van der Waals surface area contributed by atoms with Crippen molar-refractivity contribution in [1.82, 2.24) is 5.32 Å². The van der Waals surface area contributed by atoms with Crippen molar-refractivity contribution >= 4 is 17.2 Å². The van der Waals surface area contributed by atoms with Gasteiger partial charge in [0, 0.05) is 11.3 Å². The van der Waals surface area contributed by atoms with Gasteiger partial charge in [0.2, 0.25) is 0 Å². The molecule has 1 fully saturated rings. The van der Waals surface area contributed by atoms with E-state index in [1.807, 2.05) is 24.3 Å². The van der Waals surface area contributed by atoms with Crippen LogP contribution in [0.4, 0.5) is 0 Å². The number of carbonyl (C=O) groups is 1. The summed E-state index contributed by atoms with van der Waals surface area (Å²) in [6.07, 6.45) is 5.23. The van der Waals surface area contributed by atoms with E-state index in [1.165, 1.54) is 30.6 Å². The van der Waals surface area contributed by atoms with E-state index in [4.69, 9.17) is 4.74 Å². The minimum absolute atomic E-state index is 0.0199. The Morgan fingerprint density at radius 2 is 2.00 bits per heavy atom. The zero-order chi connectivity index (χ0) is 15.6. The van der Waals surface area contributed by atoms with Gasteiger partial charge in [-0.25, -0.2) is 0 Å². The molecule has 0 saturated heterocycles. The van der Waals surface area contributed by atoms with E-state index >= 15 is 0 Å². The zero-order valence-electron chi connectivity index (χ0n) is 13.0. The molecule has 0 spiro atoms. The first-order chi connectivity index (χ1) is 11.3. The molecule has 0 bridgehead atoms. The average Bonchev–Trinajstić information content (AvgIpc) is 3.33. The Balaban J connectivity index is 1.48. The highest BCUT2D eigenvalue weighted by Gasteiger charge is 2.33. The molecule has 2 atom stereocenters. The minimum atomic E-state index is -0.392. The predicted molar refractivity (Wildman–Crippen MR) is 91.7 cm³/mol. The van der Waals surface area contributed by atoms with E-state index < -0.39 is 6.10 Å². The van der Waals surface area contributed by atoms with Crippen LogP contribution >= 0.6 is 11.3 Å². The topological polar surface area (TPSA) is 38.3 Å². The molecule has 0 unspecified atom stereocenters. The number of hydrogen-bond donors (Lipinski definition) is 1. The lowest BCUT2D eigenvalue weighted by atomic mass is 9.96. The van der Waals surface area contributed by atoms with Gasteiger partial charge in [0.1, 0.15) is 5.75 Å². The number of benzene rings is 1. The van der Waals surface area contributed by atoms with Crippen molar-refractivity contribution in [1.29, 1.82) is 0 Å². The summed E-state index contributed by atoms with van der Waals surface area (Å²) in [5, 5.41) is 5.37. The monoisotopic (exact) mass is 327 g/mol. The lowest BCUT2D eigenvalue weighted by Gasteiger charge is -2.25. The van der Waals surface area contributed by atoms with Crippen LogP contribution in [0, 0.1) is 5.92 Å². The lowest BCUT2D eigenvalue weighted by Crippen LogP contribution is -2.41. The second-order valence-corrected chi connectivity index (χ2v) is 7.44. The van der Waals surface area contributed by atoms with Gasteiger partial charge in [-0.05, 0) is 41.8 Å². The van der Waals surface area contributed by atoms with Crippen molar-refractivity contribution in [2.24, 2.45) is 5.92 Å². The van der Waals surface area contributed by atoms with Gasteiger partial charge in [0.15, 0.2) is 6.10 Å². The summed E-state index contributed by atoms with van der Waals surface area (Å²) in [6.45, 7) is 0. The molecule has 0 radical (unpaired) electrons. The Bertz CT molecular complexity index is 651. The Hall–Kier alpha value is -1.81. The Kier molecular flexibility index (Phi) is 4.08. The maximum atomic E-state index is 12.7. The predicted octanol–water partition coefficient (Wildman–Crippen LogP) is 4.10. The molecular weight excluding hydrogens is 306 g/mol. The molecule has 4 rings (SSSR count). The number of hydrogen-bond acceptors (Lipinski definition) is 3. The first kappa shape index (κ1) is 14.8. The third-order valence-corrected chi connectivity index (χ3v) is 5.91. The van der Waals surface area contributed by atoms with Crippen molar-refractivity contribution in [3.8, 4) is 5.75 Å². The van der Waals surface area contributed by atoms with Gasteiger partial charge >= 0.3 is 0 Å². The van der Waals surface area contributed by atoms with Gasteiger partial charge in [-0.2, -0.15) is 0 Å². The van der Waals surface area contributed by atoms with Gasteiger partial charge in [-0.3, -0.25) is 4.79 Å². The quantitative estimate of drug-likeness (QED) is 0.918. The summed E-state index contributed by atoms with van der Waals surface area (Å²) in [5.41, 5.74) is 1.13. The van der Waals surface area contributed by atoms with E-state index in [-0.39, 0.29) is 11.9 Å². The van der Waals surface area contributed by atoms with Gasteiger partial charge in [0.05, 0.1) is 6.04 Å². The van der Waals surface area contributed by atoms with Crippen LogP contribution in [0.25, 0.3) is 0 Å². The summed E-state index contributed by atoms with van der Waals surface area (Å²) >= 11 is 1.73. The van der Waals surface area contributed by atoms with Gasteiger partial charge in [-0.1, -0.05) is 37.1 Å². The molecule has 2 aliphatic rings. The van der Waals surface area contributed by atoms with E-state index in [1.54, 1.807) is 11.3 Å². The van der Waals surface area contributed by atoms with E-state index in [0.717, 1.165) is 11.3 Å². The molecule has 120 valence electrons. The molecule has 2 aromatic rings. The third kappa shape index (κ3) is 3.00. The zero-order valence-corrected chi connectivity index (χ0v) is 13.9. The standard InChI is InChI=1S/C19H21NO2S/c21-19(16-12-14-8-3-4-9-15(14)22-16)20-18(13-6-1-2-7-13)17-10-5-11-23-17/h3-5,8-11,13,16,18H,1-2,6-7,12H2,(H,20,21)/t16-,18-/m1/s1. The van der Waals surface area contributed by atoms with Gasteiger partial charge in [0.25, 0.3) is 5.91 Å². The molecule has 23 heavy (non-hydrogen) atoms. The van der Waals surface area contributed by atoms with Crippen LogP contribution < -0.4 is 10.1 Å². The molecule has 2 heterocycles. The number of ether oxygens (including phenoxy) is 1. The van der Waals surface area contributed by atoms with Crippen LogP contribution in [-0.4, -0.2) is 12.0 Å². The molecule has 1 aliphatic carbocycles. The summed E-state index contributed by atoms with van der Waals surface area (Å²) in [4.78, 5) is 14.0. The molecule has 1 N–H and O–H groups in total. The summed E-state index contributed by atoms with van der Waals surface area (Å²) < 4.78 is 5.84. The molecule has 1 aromatic carbocycles. The van der Waals surface area contributed by atoms with Crippen molar-refractivity contribution < 1.29 is 9.53 Å². The van der Waals surface area contributed by atoms with E-state index in [0.29, 0.717) is 12.3 Å². The number of thiophene rings is 1. The molecule has 1 amide bonds. The van der Waals surface area contributed by atoms with Crippen molar-refractivity contribution in [3.63, 3.8) is 0 Å². The van der Waals surface area contributed by atoms with E-state index in [2.05, 4.69) is 22.8 Å². The first-order valence-electron chi connectivity index (χ1n) is 8.39. The first-order valence-corrected chi connectivity index (χ1v) is 9.27. The Morgan fingerprint density at radius 1 is 1.17 bits per heavy atom. The molecule has 4 heteroatoms. The molecule has 1 aliphatic heterocycles. The van der Waals surface area contributed by atoms with Gasteiger partial charge in [-0.15, -0.1) is 11.3 Å². The maximum Gasteiger partial charge on any atom is 0.261 e. The van der Waals surface area contributed by atoms with Crippen LogP contribution in [0.5, 0.6) is 5.75 Å². The fourth-order valence-corrected chi connectivity index (χ4v) is 4.62. The normalized spacial score (nSPS) is 21.7. The van der Waals surface area contributed by atoms with Crippen molar-refractivity contribution in [3.05, 3.63) is 52.2 Å². The van der Waals surface area contributed by atoms with Crippen LogP contribution in [0.1, 0.15) is 42.2 Å². The number of nitrogens with one attached hydrogen (secondary N) is 1. The summed E-state index contributed by atoms with van der Waals surface area (Å²) in [6, 6.07) is 12.3. The van der Waals surface area contributed by atoms with Crippen LogP contribution in [0.15, 0.2) is 41.8 Å². The Morgan fingerprint density at radius 3 is 2.74 bits per heavy atom. The number of rotatable bonds is 4. The highest BCUT2D eigenvalue weighted by atomic mass is 32.1. The van der Waals surface area contributed by atoms with E-state index in [9.17, 15) is 4.79 Å². The molecule has 1 aromatic heterocycles. The molecular formula is C19H21NO2S. The summed E-state index contributed by atoms with van der Waals surface area (Å²) in [7, 11) is 0. The SMILES string of the molecule is O=C(N[C@@H](c1cccs1)C1CCCC1)[C@H]1Cc2ccccc2O1. The lowest BCUT2D eigenvalue weighted by molar-refractivity contribution is -0.128. The second-order valence-electron chi connectivity index (χ2n) is 6.46. The number of fused-ring (bicyclic) bond motifs is 1. The number of amides is 1. The minimum Gasteiger partial charge on any atom is -0.480 e. The van der Waals surface area contributed by atoms with Crippen LogP contribution in [0.2, 0.25) is 0 Å². The number of para-hydroxylation sites is 1. The third-order valence-electron chi connectivity index (χ3n) is 4.96. The fraction of sp³-hybridized carbons (Fsp3) is 0.421. The molecule has 1 saturated carbocycles. The second kappa shape index (κ2) is 6.36. The summed E-state index contributed by atoms with van der Waals surface area (Å²) in [5.74, 6) is 1.43. The van der Waals surface area contributed by atoms with Crippen LogP contribution in [-0.2, 0) is 11.2 Å². The maximum absolute atomic E-state index is 12.7. The fourth-order valence-electron chi connectivity index (χ4n) is 3.75. The average molecular weight is 327 g/mol. The number of carbonyl (C=O) groups excluding carboxylic acids is 1. The largest absolute Gasteiger partial charge is 0.480 e. The highest BCUT2D eigenvalue weighted by Crippen LogP contribution is 2.38. The molecule has 3 nitrogen and oxygen atoms in total. The highest BCUT2D eigenvalue weighted by molar-refractivity contribution is 7.10. The van der Waals surface area contributed by atoms with Crippen molar-refractivity contribution in [2.45, 2.75) is 44.2 Å². The Labute approximate surface area is 140 Å².